The number of benzene rings is 2. The lowest BCUT2D eigenvalue weighted by molar-refractivity contribution is -0.131. The zero-order valence-electron chi connectivity index (χ0n) is 15.7. The van der Waals surface area contributed by atoms with E-state index in [0.717, 1.165) is 48.2 Å². The summed E-state index contributed by atoms with van der Waals surface area (Å²) in [7, 11) is 0. The lowest BCUT2D eigenvalue weighted by atomic mass is 9.69. The van der Waals surface area contributed by atoms with Crippen molar-refractivity contribution in [3.63, 3.8) is 0 Å². The second-order valence-corrected chi connectivity index (χ2v) is 8.31. The molecule has 0 unspecified atom stereocenters. The molecule has 0 heterocycles. The molecule has 146 valence electrons. The average Bonchev–Trinajstić information content (AvgIpc) is 2.69. The van der Waals surface area contributed by atoms with Crippen LogP contribution in [0.3, 0.4) is 0 Å². The van der Waals surface area contributed by atoms with Gasteiger partial charge in [0.05, 0.1) is 5.41 Å². The standard InChI is InChI=1S/C23H24BrNO3/c24-19-10-7-18(8-11-19)16-23(13-2-1-3-14-23)22(28)25-20-6-4-5-17(15-20)9-12-21(26)27/h4-12,15H,1-3,13-14,16H2,(H,25,28)(H,26,27)/b12-9+. The summed E-state index contributed by atoms with van der Waals surface area (Å²) in [5.41, 5.74) is 2.20. The predicted molar refractivity (Wildman–Crippen MR) is 115 cm³/mol. The zero-order chi connectivity index (χ0) is 20.0. The van der Waals surface area contributed by atoms with Crippen LogP contribution in [0, 0.1) is 5.41 Å². The van der Waals surface area contributed by atoms with Gasteiger partial charge >= 0.3 is 5.97 Å². The van der Waals surface area contributed by atoms with Crippen LogP contribution in [-0.4, -0.2) is 17.0 Å². The molecule has 0 spiro atoms. The molecule has 1 saturated carbocycles. The summed E-state index contributed by atoms with van der Waals surface area (Å²) in [6.07, 6.45) is 8.40. The number of amides is 1. The third kappa shape index (κ3) is 5.32. The first-order valence-electron chi connectivity index (χ1n) is 9.54. The van der Waals surface area contributed by atoms with Crippen LogP contribution >= 0.6 is 15.9 Å². The van der Waals surface area contributed by atoms with E-state index in [0.29, 0.717) is 5.69 Å². The van der Waals surface area contributed by atoms with E-state index >= 15 is 0 Å². The Morgan fingerprint density at radius 1 is 1.07 bits per heavy atom. The number of carbonyl (C=O) groups excluding carboxylic acids is 1. The number of carbonyl (C=O) groups is 2. The molecule has 5 heteroatoms. The molecule has 1 aliphatic carbocycles. The quantitative estimate of drug-likeness (QED) is 0.566. The van der Waals surface area contributed by atoms with Gasteiger partial charge in [-0.05, 0) is 60.7 Å². The van der Waals surface area contributed by atoms with Crippen molar-refractivity contribution in [2.24, 2.45) is 5.41 Å². The average molecular weight is 442 g/mol. The van der Waals surface area contributed by atoms with Crippen LogP contribution in [0.1, 0.15) is 43.2 Å². The van der Waals surface area contributed by atoms with Gasteiger partial charge in [-0.3, -0.25) is 4.79 Å². The summed E-state index contributed by atoms with van der Waals surface area (Å²) < 4.78 is 1.03. The van der Waals surface area contributed by atoms with Crippen molar-refractivity contribution < 1.29 is 14.7 Å². The Bertz CT molecular complexity index is 868. The zero-order valence-corrected chi connectivity index (χ0v) is 17.2. The first-order chi connectivity index (χ1) is 13.5. The van der Waals surface area contributed by atoms with E-state index in [-0.39, 0.29) is 5.91 Å². The molecular weight excluding hydrogens is 418 g/mol. The fraction of sp³-hybridized carbons (Fsp3) is 0.304. The fourth-order valence-electron chi connectivity index (χ4n) is 3.86. The molecule has 0 bridgehead atoms. The van der Waals surface area contributed by atoms with Gasteiger partial charge in [-0.2, -0.15) is 0 Å². The number of anilines is 1. The summed E-state index contributed by atoms with van der Waals surface area (Å²) in [4.78, 5) is 24.0. The number of carboxylic acids is 1. The Labute approximate surface area is 173 Å². The highest BCUT2D eigenvalue weighted by Gasteiger charge is 2.39. The SMILES string of the molecule is O=C(O)/C=C/c1cccc(NC(=O)C2(Cc3ccc(Br)cc3)CCCCC2)c1. The molecule has 28 heavy (non-hydrogen) atoms. The number of nitrogens with one attached hydrogen (secondary N) is 1. The summed E-state index contributed by atoms with van der Waals surface area (Å²) in [5.74, 6) is -0.945. The second kappa shape index (κ2) is 9.20. The molecule has 0 atom stereocenters. The van der Waals surface area contributed by atoms with Crippen LogP contribution in [-0.2, 0) is 16.0 Å². The van der Waals surface area contributed by atoms with Gasteiger partial charge in [-0.1, -0.05) is 59.5 Å². The van der Waals surface area contributed by atoms with Crippen molar-refractivity contribution in [3.05, 3.63) is 70.2 Å². The van der Waals surface area contributed by atoms with Gasteiger partial charge in [0, 0.05) is 16.2 Å². The normalized spacial score (nSPS) is 16.0. The van der Waals surface area contributed by atoms with Crippen molar-refractivity contribution in [3.8, 4) is 0 Å². The van der Waals surface area contributed by atoms with E-state index in [2.05, 4.69) is 33.4 Å². The Morgan fingerprint density at radius 3 is 2.46 bits per heavy atom. The van der Waals surface area contributed by atoms with Gasteiger partial charge in [0.15, 0.2) is 0 Å². The van der Waals surface area contributed by atoms with E-state index < -0.39 is 11.4 Å². The van der Waals surface area contributed by atoms with Crippen LogP contribution in [0.2, 0.25) is 0 Å². The summed E-state index contributed by atoms with van der Waals surface area (Å²) in [6.45, 7) is 0. The Hall–Kier alpha value is -2.40. The minimum absolute atomic E-state index is 0.0504. The summed E-state index contributed by atoms with van der Waals surface area (Å²) >= 11 is 3.46. The monoisotopic (exact) mass is 441 g/mol. The summed E-state index contributed by atoms with van der Waals surface area (Å²) in [5, 5.41) is 11.9. The maximum Gasteiger partial charge on any atom is 0.328 e. The van der Waals surface area contributed by atoms with Crippen LogP contribution in [0.15, 0.2) is 59.1 Å². The van der Waals surface area contributed by atoms with Crippen molar-refractivity contribution in [1.82, 2.24) is 0 Å². The highest BCUT2D eigenvalue weighted by atomic mass is 79.9. The van der Waals surface area contributed by atoms with Crippen LogP contribution in [0.5, 0.6) is 0 Å². The number of hydrogen-bond acceptors (Lipinski definition) is 2. The molecule has 3 rings (SSSR count). The minimum atomic E-state index is -0.995. The number of carboxylic acid groups (broad SMARTS) is 1. The van der Waals surface area contributed by atoms with Gasteiger partial charge < -0.3 is 10.4 Å². The second-order valence-electron chi connectivity index (χ2n) is 7.40. The van der Waals surface area contributed by atoms with E-state index in [9.17, 15) is 9.59 Å². The van der Waals surface area contributed by atoms with Crippen LogP contribution in [0.25, 0.3) is 6.08 Å². The van der Waals surface area contributed by atoms with Gasteiger partial charge in [-0.25, -0.2) is 4.79 Å². The number of aliphatic carboxylic acids is 1. The fourth-order valence-corrected chi connectivity index (χ4v) is 4.12. The Kier molecular flexibility index (Phi) is 6.68. The van der Waals surface area contributed by atoms with Crippen molar-refractivity contribution in [2.75, 3.05) is 5.32 Å². The van der Waals surface area contributed by atoms with Gasteiger partial charge in [-0.15, -0.1) is 0 Å². The Balaban J connectivity index is 1.79. The maximum atomic E-state index is 13.3. The lowest BCUT2D eigenvalue weighted by Gasteiger charge is -2.36. The number of hydrogen-bond donors (Lipinski definition) is 2. The first-order valence-corrected chi connectivity index (χ1v) is 10.3. The van der Waals surface area contributed by atoms with Crippen LogP contribution < -0.4 is 5.32 Å². The largest absolute Gasteiger partial charge is 0.478 e. The molecule has 0 saturated heterocycles. The van der Waals surface area contributed by atoms with Gasteiger partial charge in [0.1, 0.15) is 0 Å². The van der Waals surface area contributed by atoms with Crippen molar-refractivity contribution in [1.29, 1.82) is 0 Å². The van der Waals surface area contributed by atoms with E-state index in [1.807, 2.05) is 30.3 Å². The summed E-state index contributed by atoms with van der Waals surface area (Å²) in [6, 6.07) is 15.5. The minimum Gasteiger partial charge on any atom is -0.478 e. The predicted octanol–water partition coefficient (Wildman–Crippen LogP) is 5.68. The van der Waals surface area contributed by atoms with Crippen LogP contribution in [0.4, 0.5) is 5.69 Å². The van der Waals surface area contributed by atoms with Gasteiger partial charge in [0.2, 0.25) is 5.91 Å². The molecule has 2 N–H and O–H groups in total. The third-order valence-corrected chi connectivity index (χ3v) is 5.84. The van der Waals surface area contributed by atoms with Gasteiger partial charge in [0.25, 0.3) is 0 Å². The van der Waals surface area contributed by atoms with E-state index in [1.54, 1.807) is 6.07 Å². The van der Waals surface area contributed by atoms with Crippen molar-refractivity contribution >= 4 is 39.6 Å². The number of rotatable bonds is 6. The lowest BCUT2D eigenvalue weighted by Crippen LogP contribution is -2.40. The Morgan fingerprint density at radius 2 is 1.79 bits per heavy atom. The molecule has 4 nitrogen and oxygen atoms in total. The smallest absolute Gasteiger partial charge is 0.328 e. The third-order valence-electron chi connectivity index (χ3n) is 5.31. The molecule has 1 aliphatic rings. The highest BCUT2D eigenvalue weighted by molar-refractivity contribution is 9.10. The first kappa shape index (κ1) is 20.3. The topological polar surface area (TPSA) is 66.4 Å². The molecule has 2 aromatic carbocycles. The molecule has 1 amide bonds. The molecular formula is C23H24BrNO3. The number of halogens is 1. The van der Waals surface area contributed by atoms with E-state index in [4.69, 9.17) is 5.11 Å². The maximum absolute atomic E-state index is 13.3. The molecule has 2 aromatic rings. The highest BCUT2D eigenvalue weighted by Crippen LogP contribution is 2.40. The van der Waals surface area contributed by atoms with E-state index in [1.165, 1.54) is 18.1 Å². The molecule has 1 fully saturated rings. The molecule has 0 aliphatic heterocycles. The molecule has 0 radical (unpaired) electrons. The molecule has 0 aromatic heterocycles. The van der Waals surface area contributed by atoms with Crippen molar-refractivity contribution in [2.45, 2.75) is 38.5 Å².